The molecule has 0 unspecified atom stereocenters. The fraction of sp³-hybridized carbons (Fsp3) is 0.500. The van der Waals surface area contributed by atoms with Gasteiger partial charge in [-0.2, -0.15) is 0 Å². The normalized spacial score (nSPS) is 16.5. The predicted molar refractivity (Wildman–Crippen MR) is 77.8 cm³/mol. The zero-order valence-corrected chi connectivity index (χ0v) is 12.4. The van der Waals surface area contributed by atoms with E-state index >= 15 is 0 Å². The molecule has 19 heavy (non-hydrogen) atoms. The second-order valence-electron chi connectivity index (χ2n) is 5.03. The first-order chi connectivity index (χ1) is 9.09. The Labute approximate surface area is 121 Å². The maximum absolute atomic E-state index is 11.6. The lowest BCUT2D eigenvalue weighted by Gasteiger charge is -2.36. The van der Waals surface area contributed by atoms with E-state index in [0.717, 1.165) is 29.3 Å². The Balaban J connectivity index is 1.66. The van der Waals surface area contributed by atoms with Crippen molar-refractivity contribution in [2.75, 3.05) is 6.54 Å². The van der Waals surface area contributed by atoms with Crippen molar-refractivity contribution in [3.63, 3.8) is 0 Å². The van der Waals surface area contributed by atoms with E-state index in [4.69, 9.17) is 0 Å². The standard InChI is InChI=1S/C14H19BrN2O2/c15-12-5-2-1-4-11(12)10-17-13(18)16-9-8-14(19)6-3-7-14/h1-2,4-5,19H,3,6-10H2,(H2,16,17,18). The highest BCUT2D eigenvalue weighted by atomic mass is 79.9. The third kappa shape index (κ3) is 4.21. The molecule has 1 aliphatic carbocycles. The van der Waals surface area contributed by atoms with Crippen LogP contribution in [-0.4, -0.2) is 23.3 Å². The lowest BCUT2D eigenvalue weighted by atomic mass is 9.78. The number of benzene rings is 1. The summed E-state index contributed by atoms with van der Waals surface area (Å²) in [5.74, 6) is 0. The number of halogens is 1. The first kappa shape index (κ1) is 14.3. The topological polar surface area (TPSA) is 61.4 Å². The highest BCUT2D eigenvalue weighted by molar-refractivity contribution is 9.10. The van der Waals surface area contributed by atoms with Gasteiger partial charge in [-0.05, 0) is 37.3 Å². The minimum absolute atomic E-state index is 0.196. The number of rotatable bonds is 5. The summed E-state index contributed by atoms with van der Waals surface area (Å²) in [7, 11) is 0. The van der Waals surface area contributed by atoms with Crippen LogP contribution < -0.4 is 10.6 Å². The lowest BCUT2D eigenvalue weighted by molar-refractivity contribution is -0.0389. The average molecular weight is 327 g/mol. The molecule has 1 aromatic rings. The van der Waals surface area contributed by atoms with Gasteiger partial charge in [0, 0.05) is 17.6 Å². The average Bonchev–Trinajstić information content (AvgIpc) is 2.36. The summed E-state index contributed by atoms with van der Waals surface area (Å²) >= 11 is 3.44. The van der Waals surface area contributed by atoms with Crippen LogP contribution in [0.2, 0.25) is 0 Å². The van der Waals surface area contributed by atoms with Crippen molar-refractivity contribution in [1.82, 2.24) is 10.6 Å². The van der Waals surface area contributed by atoms with E-state index in [0.29, 0.717) is 19.5 Å². The number of carbonyl (C=O) groups is 1. The van der Waals surface area contributed by atoms with E-state index < -0.39 is 5.60 Å². The van der Waals surface area contributed by atoms with Crippen molar-refractivity contribution in [2.45, 2.75) is 37.8 Å². The number of hydrogen-bond acceptors (Lipinski definition) is 2. The molecule has 1 aromatic carbocycles. The van der Waals surface area contributed by atoms with Crippen LogP contribution in [0.4, 0.5) is 4.79 Å². The Morgan fingerprint density at radius 1 is 1.32 bits per heavy atom. The fourth-order valence-electron chi connectivity index (χ4n) is 2.12. The second-order valence-corrected chi connectivity index (χ2v) is 5.88. The molecule has 1 saturated carbocycles. The van der Waals surface area contributed by atoms with Crippen LogP contribution in [0.1, 0.15) is 31.2 Å². The van der Waals surface area contributed by atoms with Gasteiger partial charge in [-0.25, -0.2) is 4.79 Å². The molecule has 1 fully saturated rings. The summed E-state index contributed by atoms with van der Waals surface area (Å²) in [6.45, 7) is 0.996. The maximum Gasteiger partial charge on any atom is 0.315 e. The molecule has 2 amide bonds. The third-order valence-corrected chi connectivity index (χ3v) is 4.33. The van der Waals surface area contributed by atoms with Crippen molar-refractivity contribution >= 4 is 22.0 Å². The van der Waals surface area contributed by atoms with Crippen LogP contribution in [0.25, 0.3) is 0 Å². The van der Waals surface area contributed by atoms with E-state index in [1.165, 1.54) is 0 Å². The molecule has 0 aliphatic heterocycles. The van der Waals surface area contributed by atoms with Gasteiger partial charge < -0.3 is 15.7 Å². The first-order valence-electron chi connectivity index (χ1n) is 6.57. The molecule has 0 heterocycles. The molecular formula is C14H19BrN2O2. The number of nitrogens with one attached hydrogen (secondary N) is 2. The largest absolute Gasteiger partial charge is 0.390 e. The zero-order valence-electron chi connectivity index (χ0n) is 10.8. The summed E-state index contributed by atoms with van der Waals surface area (Å²) < 4.78 is 0.985. The van der Waals surface area contributed by atoms with Crippen LogP contribution in [-0.2, 0) is 6.54 Å². The van der Waals surface area contributed by atoms with Crippen LogP contribution in [0.5, 0.6) is 0 Å². The van der Waals surface area contributed by atoms with Crippen molar-refractivity contribution in [3.8, 4) is 0 Å². The molecule has 0 saturated heterocycles. The summed E-state index contributed by atoms with van der Waals surface area (Å²) in [5, 5.41) is 15.5. The highest BCUT2D eigenvalue weighted by Crippen LogP contribution is 2.33. The number of hydrogen-bond donors (Lipinski definition) is 3. The van der Waals surface area contributed by atoms with E-state index in [1.807, 2.05) is 24.3 Å². The molecule has 2 rings (SSSR count). The van der Waals surface area contributed by atoms with Gasteiger partial charge in [-0.3, -0.25) is 0 Å². The summed E-state index contributed by atoms with van der Waals surface area (Å²) in [5.41, 5.74) is 0.505. The summed E-state index contributed by atoms with van der Waals surface area (Å²) in [6, 6.07) is 7.58. The second kappa shape index (κ2) is 6.39. The van der Waals surface area contributed by atoms with Gasteiger partial charge in [0.15, 0.2) is 0 Å². The molecule has 0 atom stereocenters. The smallest absolute Gasteiger partial charge is 0.315 e. The van der Waals surface area contributed by atoms with Crippen molar-refractivity contribution in [1.29, 1.82) is 0 Å². The molecule has 1 aliphatic rings. The van der Waals surface area contributed by atoms with Crippen LogP contribution in [0, 0.1) is 0 Å². The van der Waals surface area contributed by atoms with Gasteiger partial charge >= 0.3 is 6.03 Å². The Morgan fingerprint density at radius 3 is 2.68 bits per heavy atom. The van der Waals surface area contributed by atoms with Gasteiger partial charge in [-0.1, -0.05) is 34.1 Å². The van der Waals surface area contributed by atoms with Gasteiger partial charge in [0.05, 0.1) is 5.60 Å². The van der Waals surface area contributed by atoms with Crippen molar-refractivity contribution < 1.29 is 9.90 Å². The lowest BCUT2D eigenvalue weighted by Crippen LogP contribution is -2.42. The minimum atomic E-state index is -0.532. The molecule has 0 spiro atoms. The Morgan fingerprint density at radius 2 is 2.05 bits per heavy atom. The third-order valence-electron chi connectivity index (χ3n) is 3.56. The quantitative estimate of drug-likeness (QED) is 0.778. The first-order valence-corrected chi connectivity index (χ1v) is 7.36. The summed E-state index contributed by atoms with van der Waals surface area (Å²) in [6.07, 6.45) is 3.43. The number of amides is 2. The van der Waals surface area contributed by atoms with Gasteiger partial charge in [0.2, 0.25) is 0 Å². The van der Waals surface area contributed by atoms with Crippen LogP contribution in [0.15, 0.2) is 28.7 Å². The van der Waals surface area contributed by atoms with Crippen LogP contribution in [0.3, 0.4) is 0 Å². The molecule has 0 radical (unpaired) electrons. The number of aliphatic hydroxyl groups is 1. The van der Waals surface area contributed by atoms with Crippen LogP contribution >= 0.6 is 15.9 Å². The van der Waals surface area contributed by atoms with E-state index in [9.17, 15) is 9.90 Å². The van der Waals surface area contributed by atoms with E-state index in [2.05, 4.69) is 26.6 Å². The Kier molecular flexibility index (Phi) is 4.82. The van der Waals surface area contributed by atoms with E-state index in [1.54, 1.807) is 0 Å². The maximum atomic E-state index is 11.6. The minimum Gasteiger partial charge on any atom is -0.390 e. The zero-order chi connectivity index (χ0) is 13.7. The van der Waals surface area contributed by atoms with Gasteiger partial charge in [-0.15, -0.1) is 0 Å². The van der Waals surface area contributed by atoms with Crippen molar-refractivity contribution in [3.05, 3.63) is 34.3 Å². The molecule has 3 N–H and O–H groups in total. The molecular weight excluding hydrogens is 308 g/mol. The fourth-order valence-corrected chi connectivity index (χ4v) is 2.55. The monoisotopic (exact) mass is 326 g/mol. The number of carbonyl (C=O) groups excluding carboxylic acids is 1. The van der Waals surface area contributed by atoms with Crippen molar-refractivity contribution in [2.24, 2.45) is 0 Å². The SMILES string of the molecule is O=C(NCCC1(O)CCC1)NCc1ccccc1Br. The number of urea groups is 1. The Bertz CT molecular complexity index is 447. The summed E-state index contributed by atoms with van der Waals surface area (Å²) in [4.78, 5) is 11.6. The molecule has 104 valence electrons. The predicted octanol–water partition coefficient (Wildman–Crippen LogP) is 2.55. The highest BCUT2D eigenvalue weighted by Gasteiger charge is 2.33. The van der Waals surface area contributed by atoms with Gasteiger partial charge in [0.1, 0.15) is 0 Å². The molecule has 0 aromatic heterocycles. The Hall–Kier alpha value is -1.07. The van der Waals surface area contributed by atoms with Gasteiger partial charge in [0.25, 0.3) is 0 Å². The molecule has 5 heteroatoms. The molecule has 4 nitrogen and oxygen atoms in total. The molecule has 0 bridgehead atoms. The van der Waals surface area contributed by atoms with E-state index in [-0.39, 0.29) is 6.03 Å².